The van der Waals surface area contributed by atoms with Crippen molar-refractivity contribution in [1.29, 1.82) is 0 Å². The lowest BCUT2D eigenvalue weighted by Gasteiger charge is -2.33. The molecule has 1 aromatic heterocycles. The number of rotatable bonds is 5. The topological polar surface area (TPSA) is 42.4 Å². The molecule has 4 nitrogen and oxygen atoms in total. The van der Waals surface area contributed by atoms with E-state index in [1.807, 2.05) is 4.90 Å². The standard InChI is InChI=1S/C21H25F3N2O2S/c22-21(23,24)14-5-6-18-17(13-14)25-19(29-18)7-8-20(27)26-11-9-16(10-12-26)28-15-3-1-2-4-15/h5-6,13,15-16H,1-4,7-12H2. The van der Waals surface area contributed by atoms with E-state index in [1.54, 1.807) is 0 Å². The Morgan fingerprint density at radius 3 is 2.52 bits per heavy atom. The van der Waals surface area contributed by atoms with Crippen LogP contribution in [0, 0.1) is 0 Å². The minimum absolute atomic E-state index is 0.0829. The number of carbonyl (C=O) groups excluding carboxylic acids is 1. The fourth-order valence-corrected chi connectivity index (χ4v) is 5.12. The molecule has 29 heavy (non-hydrogen) atoms. The Kier molecular flexibility index (Phi) is 6.11. The molecule has 1 saturated carbocycles. The van der Waals surface area contributed by atoms with Crippen LogP contribution in [-0.2, 0) is 22.1 Å². The zero-order chi connectivity index (χ0) is 20.4. The molecule has 0 radical (unpaired) electrons. The average Bonchev–Trinajstić information content (AvgIpc) is 3.34. The maximum atomic E-state index is 12.8. The largest absolute Gasteiger partial charge is 0.416 e. The maximum absolute atomic E-state index is 12.8. The van der Waals surface area contributed by atoms with Gasteiger partial charge >= 0.3 is 6.18 Å². The van der Waals surface area contributed by atoms with Crippen LogP contribution in [0.4, 0.5) is 13.2 Å². The van der Waals surface area contributed by atoms with Crippen molar-refractivity contribution >= 4 is 27.5 Å². The summed E-state index contributed by atoms with van der Waals surface area (Å²) in [6, 6.07) is 3.61. The molecule has 0 spiro atoms. The first kappa shape index (κ1) is 20.6. The summed E-state index contributed by atoms with van der Waals surface area (Å²) in [4.78, 5) is 18.7. The number of hydrogen-bond acceptors (Lipinski definition) is 4. The third kappa shape index (κ3) is 5.09. The molecule has 4 rings (SSSR count). The average molecular weight is 427 g/mol. The van der Waals surface area contributed by atoms with Crippen molar-refractivity contribution < 1.29 is 22.7 Å². The van der Waals surface area contributed by atoms with Crippen LogP contribution in [0.3, 0.4) is 0 Å². The van der Waals surface area contributed by atoms with Crippen LogP contribution in [0.25, 0.3) is 10.2 Å². The second-order valence-corrected chi connectivity index (χ2v) is 9.03. The van der Waals surface area contributed by atoms with E-state index in [0.717, 1.165) is 37.8 Å². The summed E-state index contributed by atoms with van der Waals surface area (Å²) >= 11 is 1.35. The molecule has 2 aromatic rings. The second-order valence-electron chi connectivity index (χ2n) is 7.91. The summed E-state index contributed by atoms with van der Waals surface area (Å²) in [5, 5.41) is 0.701. The van der Waals surface area contributed by atoms with Gasteiger partial charge in [0, 0.05) is 25.9 Å². The number of likely N-dealkylation sites (tertiary alicyclic amines) is 1. The number of carbonyl (C=O) groups is 1. The first-order chi connectivity index (χ1) is 13.9. The monoisotopic (exact) mass is 426 g/mol. The third-order valence-corrected chi connectivity index (χ3v) is 6.89. The molecule has 1 amide bonds. The summed E-state index contributed by atoms with van der Waals surface area (Å²) in [5.41, 5.74) is -0.349. The lowest BCUT2D eigenvalue weighted by Crippen LogP contribution is -2.41. The highest BCUT2D eigenvalue weighted by Gasteiger charge is 2.31. The molecule has 1 saturated heterocycles. The normalized spacial score (nSPS) is 19.3. The summed E-state index contributed by atoms with van der Waals surface area (Å²) in [6.07, 6.45) is 3.66. The van der Waals surface area contributed by atoms with E-state index < -0.39 is 11.7 Å². The molecule has 2 fully saturated rings. The Morgan fingerprint density at radius 1 is 1.14 bits per heavy atom. The van der Waals surface area contributed by atoms with Crippen molar-refractivity contribution in [3.05, 3.63) is 28.8 Å². The molecule has 2 heterocycles. The first-order valence-electron chi connectivity index (χ1n) is 10.3. The van der Waals surface area contributed by atoms with Gasteiger partial charge in [0.2, 0.25) is 5.91 Å². The number of halogens is 3. The summed E-state index contributed by atoms with van der Waals surface area (Å²) in [6.45, 7) is 1.43. The number of alkyl halides is 3. The molecule has 0 N–H and O–H groups in total. The molecule has 1 aliphatic heterocycles. The lowest BCUT2D eigenvalue weighted by molar-refractivity contribution is -0.137. The fourth-order valence-electron chi connectivity index (χ4n) is 4.17. The Bertz CT molecular complexity index is 853. The van der Waals surface area contributed by atoms with Gasteiger partial charge in [0.05, 0.1) is 33.0 Å². The summed E-state index contributed by atoms with van der Waals surface area (Å²) in [5.74, 6) is 0.0829. The number of amides is 1. The van der Waals surface area contributed by atoms with Crippen molar-refractivity contribution in [2.75, 3.05) is 13.1 Å². The van der Waals surface area contributed by atoms with Crippen LogP contribution < -0.4 is 0 Å². The van der Waals surface area contributed by atoms with E-state index in [0.29, 0.717) is 47.3 Å². The van der Waals surface area contributed by atoms with Gasteiger partial charge in [-0.15, -0.1) is 11.3 Å². The SMILES string of the molecule is O=C(CCc1nc2cc(C(F)(F)F)ccc2s1)N1CCC(OC2CCCC2)CC1. The molecular weight excluding hydrogens is 401 g/mol. The highest BCUT2D eigenvalue weighted by molar-refractivity contribution is 7.18. The van der Waals surface area contributed by atoms with Crippen LogP contribution in [0.5, 0.6) is 0 Å². The number of ether oxygens (including phenoxy) is 1. The number of nitrogens with zero attached hydrogens (tertiary/aromatic N) is 2. The van der Waals surface area contributed by atoms with E-state index >= 15 is 0 Å². The zero-order valence-corrected chi connectivity index (χ0v) is 17.0. The lowest BCUT2D eigenvalue weighted by atomic mass is 10.1. The molecule has 8 heteroatoms. The van der Waals surface area contributed by atoms with Crippen molar-refractivity contribution in [2.45, 2.75) is 69.8 Å². The molecule has 0 unspecified atom stereocenters. The smallest absolute Gasteiger partial charge is 0.375 e. The van der Waals surface area contributed by atoms with Gasteiger partial charge in [-0.2, -0.15) is 13.2 Å². The van der Waals surface area contributed by atoms with E-state index in [2.05, 4.69) is 4.98 Å². The quantitative estimate of drug-likeness (QED) is 0.660. The van der Waals surface area contributed by atoms with Gasteiger partial charge in [-0.25, -0.2) is 4.98 Å². The number of hydrogen-bond donors (Lipinski definition) is 0. The van der Waals surface area contributed by atoms with Gasteiger partial charge < -0.3 is 9.64 Å². The summed E-state index contributed by atoms with van der Waals surface area (Å²) < 4.78 is 45.4. The number of aromatic nitrogens is 1. The number of piperidine rings is 1. The van der Waals surface area contributed by atoms with Crippen LogP contribution in [0.2, 0.25) is 0 Å². The molecular formula is C21H25F3N2O2S. The van der Waals surface area contributed by atoms with Crippen LogP contribution >= 0.6 is 11.3 Å². The van der Waals surface area contributed by atoms with Gasteiger partial charge in [-0.1, -0.05) is 12.8 Å². The maximum Gasteiger partial charge on any atom is 0.416 e. The number of fused-ring (bicyclic) bond motifs is 1. The van der Waals surface area contributed by atoms with E-state index in [1.165, 1.54) is 30.2 Å². The van der Waals surface area contributed by atoms with Gasteiger partial charge in [-0.05, 0) is 43.9 Å². The minimum atomic E-state index is -4.37. The highest BCUT2D eigenvalue weighted by atomic mass is 32.1. The van der Waals surface area contributed by atoms with E-state index in [9.17, 15) is 18.0 Å². The Hall–Kier alpha value is -1.67. The molecule has 1 aliphatic carbocycles. The van der Waals surface area contributed by atoms with Gasteiger partial charge in [0.15, 0.2) is 0 Å². The van der Waals surface area contributed by atoms with E-state index in [-0.39, 0.29) is 12.0 Å². The predicted molar refractivity (Wildman–Crippen MR) is 106 cm³/mol. The minimum Gasteiger partial charge on any atom is -0.375 e. The Morgan fingerprint density at radius 2 is 1.83 bits per heavy atom. The molecule has 1 aromatic carbocycles. The number of aryl methyl sites for hydroxylation is 1. The molecule has 0 atom stereocenters. The Balaban J connectivity index is 1.27. The van der Waals surface area contributed by atoms with Crippen molar-refractivity contribution in [2.24, 2.45) is 0 Å². The van der Waals surface area contributed by atoms with E-state index in [4.69, 9.17) is 4.74 Å². The molecule has 0 bridgehead atoms. The first-order valence-corrected chi connectivity index (χ1v) is 11.1. The molecule has 2 aliphatic rings. The third-order valence-electron chi connectivity index (χ3n) is 5.79. The molecule has 158 valence electrons. The fraction of sp³-hybridized carbons (Fsp3) is 0.619. The van der Waals surface area contributed by atoms with Crippen molar-refractivity contribution in [3.63, 3.8) is 0 Å². The van der Waals surface area contributed by atoms with Gasteiger partial charge in [0.1, 0.15) is 0 Å². The van der Waals surface area contributed by atoms with Crippen LogP contribution in [0.1, 0.15) is 55.5 Å². The zero-order valence-electron chi connectivity index (χ0n) is 16.2. The second kappa shape index (κ2) is 8.60. The van der Waals surface area contributed by atoms with Crippen LogP contribution in [0.15, 0.2) is 18.2 Å². The van der Waals surface area contributed by atoms with Gasteiger partial charge in [-0.3, -0.25) is 4.79 Å². The number of thiazole rings is 1. The number of benzene rings is 1. The van der Waals surface area contributed by atoms with Crippen LogP contribution in [-0.4, -0.2) is 41.1 Å². The highest BCUT2D eigenvalue weighted by Crippen LogP contribution is 2.33. The van der Waals surface area contributed by atoms with Crippen molar-refractivity contribution in [3.8, 4) is 0 Å². The van der Waals surface area contributed by atoms with Gasteiger partial charge in [0.25, 0.3) is 0 Å². The summed E-state index contributed by atoms with van der Waals surface area (Å²) in [7, 11) is 0. The van der Waals surface area contributed by atoms with Crippen molar-refractivity contribution in [1.82, 2.24) is 9.88 Å². The predicted octanol–water partition coefficient (Wildman–Crippen LogP) is 5.20. The Labute approximate surface area is 172 Å².